The van der Waals surface area contributed by atoms with Gasteiger partial charge in [0, 0.05) is 13.2 Å². The highest BCUT2D eigenvalue weighted by molar-refractivity contribution is 4.65. The van der Waals surface area contributed by atoms with Crippen molar-refractivity contribution >= 4 is 0 Å². The molecule has 0 unspecified atom stereocenters. The van der Waals surface area contributed by atoms with Crippen molar-refractivity contribution < 1.29 is 14.6 Å². The summed E-state index contributed by atoms with van der Waals surface area (Å²) in [6.07, 6.45) is 23.1. The van der Waals surface area contributed by atoms with E-state index < -0.39 is 6.10 Å². The number of aliphatic hydroxyl groups is 1. The molecule has 0 spiro atoms. The van der Waals surface area contributed by atoms with E-state index in [1.807, 2.05) is 0 Å². The molecule has 1 saturated heterocycles. The van der Waals surface area contributed by atoms with Gasteiger partial charge < -0.3 is 14.6 Å². The van der Waals surface area contributed by atoms with Gasteiger partial charge >= 0.3 is 0 Å². The van der Waals surface area contributed by atoms with E-state index >= 15 is 0 Å². The van der Waals surface area contributed by atoms with E-state index in [-0.39, 0.29) is 6.29 Å². The Kier molecular flexibility index (Phi) is 16.8. The molecule has 0 radical (unpaired) electrons. The highest BCUT2D eigenvalue weighted by atomic mass is 16.7. The molecule has 26 heavy (non-hydrogen) atoms. The van der Waals surface area contributed by atoms with Gasteiger partial charge in [0.1, 0.15) is 6.10 Å². The molecule has 1 aliphatic heterocycles. The zero-order chi connectivity index (χ0) is 18.7. The Morgan fingerprint density at radius 3 is 1.65 bits per heavy atom. The Balaban J connectivity index is 1.69. The van der Waals surface area contributed by atoms with Gasteiger partial charge in [-0.15, -0.1) is 0 Å². The largest absolute Gasteiger partial charge is 0.388 e. The summed E-state index contributed by atoms with van der Waals surface area (Å²) in [5.41, 5.74) is 0. The van der Waals surface area contributed by atoms with Crippen molar-refractivity contribution in [2.75, 3.05) is 13.2 Å². The van der Waals surface area contributed by atoms with Crippen LogP contribution in [0, 0.1) is 0 Å². The summed E-state index contributed by atoms with van der Waals surface area (Å²) in [7, 11) is 0. The van der Waals surface area contributed by atoms with Crippen LogP contribution in [0.5, 0.6) is 0 Å². The highest BCUT2D eigenvalue weighted by Crippen LogP contribution is 2.16. The average Bonchev–Trinajstić information content (AvgIpc) is 2.65. The van der Waals surface area contributed by atoms with Crippen LogP contribution >= 0.6 is 0 Å². The molecule has 0 aromatic rings. The fourth-order valence-corrected chi connectivity index (χ4v) is 3.75. The van der Waals surface area contributed by atoms with E-state index in [1.54, 1.807) is 0 Å². The van der Waals surface area contributed by atoms with Crippen LogP contribution in [0.2, 0.25) is 0 Å². The minimum absolute atomic E-state index is 0.375. The molecule has 0 bridgehead atoms. The minimum Gasteiger partial charge on any atom is -0.388 e. The van der Waals surface area contributed by atoms with Gasteiger partial charge in [0.25, 0.3) is 0 Å². The standard InChI is InChI=1S/C23H46O3/c1-2-3-4-5-6-7-8-9-10-11-12-13-14-15-16-17-20-25-23-22(24)19-18-21-26-23/h22-24H,2-21H2,1H3/t22-,23-/m1/s1. The lowest BCUT2D eigenvalue weighted by Crippen LogP contribution is -2.36. The van der Waals surface area contributed by atoms with Crippen LogP contribution in [0.3, 0.4) is 0 Å². The fourth-order valence-electron chi connectivity index (χ4n) is 3.75. The van der Waals surface area contributed by atoms with Crippen LogP contribution in [-0.4, -0.2) is 30.7 Å². The Bertz CT molecular complexity index is 283. The molecule has 2 atom stereocenters. The van der Waals surface area contributed by atoms with E-state index in [2.05, 4.69) is 6.92 Å². The van der Waals surface area contributed by atoms with E-state index in [1.165, 1.54) is 96.3 Å². The maximum Gasteiger partial charge on any atom is 0.183 e. The minimum atomic E-state index is -0.426. The maximum absolute atomic E-state index is 9.75. The zero-order valence-electron chi connectivity index (χ0n) is 17.6. The second-order valence-electron chi connectivity index (χ2n) is 8.12. The predicted octanol–water partition coefficient (Wildman–Crippen LogP) is 6.76. The second kappa shape index (κ2) is 18.3. The van der Waals surface area contributed by atoms with E-state index in [9.17, 15) is 5.11 Å². The molecule has 1 heterocycles. The SMILES string of the molecule is CCCCCCCCCCCCCCCCCCO[C@@H]1OCCC[C@H]1O. The lowest BCUT2D eigenvalue weighted by molar-refractivity contribution is -0.214. The summed E-state index contributed by atoms with van der Waals surface area (Å²) in [5, 5.41) is 9.75. The first kappa shape index (κ1) is 23.9. The van der Waals surface area contributed by atoms with E-state index in [4.69, 9.17) is 9.47 Å². The van der Waals surface area contributed by atoms with Crippen molar-refractivity contribution in [2.45, 2.75) is 135 Å². The molecule has 3 heteroatoms. The summed E-state index contributed by atoms with van der Waals surface area (Å²) in [6, 6.07) is 0. The smallest absolute Gasteiger partial charge is 0.183 e. The number of hydrogen-bond donors (Lipinski definition) is 1. The van der Waals surface area contributed by atoms with Gasteiger partial charge in [0.2, 0.25) is 0 Å². The molecule has 0 aromatic carbocycles. The molecular weight excluding hydrogens is 324 g/mol. The van der Waals surface area contributed by atoms with Crippen molar-refractivity contribution in [1.29, 1.82) is 0 Å². The van der Waals surface area contributed by atoms with Gasteiger partial charge in [-0.1, -0.05) is 103 Å². The predicted molar refractivity (Wildman–Crippen MR) is 110 cm³/mol. The van der Waals surface area contributed by atoms with Gasteiger partial charge in [-0.2, -0.15) is 0 Å². The molecular formula is C23H46O3. The first-order chi connectivity index (χ1) is 12.8. The van der Waals surface area contributed by atoms with Gasteiger partial charge in [0.15, 0.2) is 6.29 Å². The summed E-state index contributed by atoms with van der Waals surface area (Å²) < 4.78 is 11.1. The lowest BCUT2D eigenvalue weighted by atomic mass is 10.0. The molecule has 3 nitrogen and oxygen atoms in total. The molecule has 0 aliphatic carbocycles. The summed E-state index contributed by atoms with van der Waals surface area (Å²) in [5.74, 6) is 0. The third kappa shape index (κ3) is 14.0. The van der Waals surface area contributed by atoms with Crippen molar-refractivity contribution in [1.82, 2.24) is 0 Å². The highest BCUT2D eigenvalue weighted by Gasteiger charge is 2.23. The van der Waals surface area contributed by atoms with Crippen LogP contribution in [0.4, 0.5) is 0 Å². The molecule has 1 rings (SSSR count). The van der Waals surface area contributed by atoms with Gasteiger partial charge in [0.05, 0.1) is 0 Å². The van der Waals surface area contributed by atoms with Crippen molar-refractivity contribution in [2.24, 2.45) is 0 Å². The number of unbranched alkanes of at least 4 members (excludes halogenated alkanes) is 15. The Morgan fingerprint density at radius 2 is 1.19 bits per heavy atom. The molecule has 0 aromatic heterocycles. The molecule has 0 amide bonds. The number of hydrogen-bond acceptors (Lipinski definition) is 3. The van der Waals surface area contributed by atoms with Crippen molar-refractivity contribution in [3.05, 3.63) is 0 Å². The molecule has 156 valence electrons. The van der Waals surface area contributed by atoms with Crippen LogP contribution in [0.15, 0.2) is 0 Å². The number of rotatable bonds is 18. The first-order valence-electron chi connectivity index (χ1n) is 11.8. The zero-order valence-corrected chi connectivity index (χ0v) is 17.6. The Labute approximate surface area is 163 Å². The van der Waals surface area contributed by atoms with E-state index in [0.29, 0.717) is 0 Å². The normalized spacial score (nSPS) is 20.5. The van der Waals surface area contributed by atoms with Crippen molar-refractivity contribution in [3.63, 3.8) is 0 Å². The van der Waals surface area contributed by atoms with Gasteiger partial charge in [-0.05, 0) is 19.3 Å². The number of ether oxygens (including phenoxy) is 2. The summed E-state index contributed by atoms with van der Waals surface area (Å²) >= 11 is 0. The number of aliphatic hydroxyl groups excluding tert-OH is 1. The van der Waals surface area contributed by atoms with Crippen LogP contribution in [0.1, 0.15) is 122 Å². The molecule has 1 fully saturated rings. The second-order valence-corrected chi connectivity index (χ2v) is 8.12. The first-order valence-corrected chi connectivity index (χ1v) is 11.8. The van der Waals surface area contributed by atoms with Gasteiger partial charge in [-0.3, -0.25) is 0 Å². The van der Waals surface area contributed by atoms with E-state index in [0.717, 1.165) is 32.5 Å². The van der Waals surface area contributed by atoms with Gasteiger partial charge in [-0.25, -0.2) is 0 Å². The van der Waals surface area contributed by atoms with Crippen LogP contribution in [0.25, 0.3) is 0 Å². The van der Waals surface area contributed by atoms with Crippen molar-refractivity contribution in [3.8, 4) is 0 Å². The summed E-state index contributed by atoms with van der Waals surface area (Å²) in [6.45, 7) is 3.73. The third-order valence-corrected chi connectivity index (χ3v) is 5.52. The fraction of sp³-hybridized carbons (Fsp3) is 1.00. The molecule has 1 aliphatic rings. The monoisotopic (exact) mass is 370 g/mol. The topological polar surface area (TPSA) is 38.7 Å². The van der Waals surface area contributed by atoms with Crippen LogP contribution in [-0.2, 0) is 9.47 Å². The average molecular weight is 371 g/mol. The lowest BCUT2D eigenvalue weighted by Gasteiger charge is -2.27. The Hall–Kier alpha value is -0.120. The molecule has 1 N–H and O–H groups in total. The molecule has 0 saturated carbocycles. The Morgan fingerprint density at radius 1 is 0.731 bits per heavy atom. The quantitative estimate of drug-likeness (QED) is 0.271. The van der Waals surface area contributed by atoms with Crippen LogP contribution < -0.4 is 0 Å². The maximum atomic E-state index is 9.75. The summed E-state index contributed by atoms with van der Waals surface area (Å²) in [4.78, 5) is 0. The third-order valence-electron chi connectivity index (χ3n) is 5.52.